The highest BCUT2D eigenvalue weighted by molar-refractivity contribution is 5.88. The molecule has 4 heteroatoms. The van der Waals surface area contributed by atoms with Crippen LogP contribution in [0.15, 0.2) is 48.5 Å². The quantitative estimate of drug-likeness (QED) is 0.904. The molecule has 1 aliphatic heterocycles. The lowest BCUT2D eigenvalue weighted by molar-refractivity contribution is 0.0697. The van der Waals surface area contributed by atoms with Crippen molar-refractivity contribution in [2.75, 3.05) is 11.9 Å². The zero-order chi connectivity index (χ0) is 14.8. The number of hydrogen-bond donors (Lipinski definition) is 2. The van der Waals surface area contributed by atoms with Crippen LogP contribution < -0.4 is 10.1 Å². The molecule has 0 saturated carbocycles. The topological polar surface area (TPSA) is 58.6 Å². The molecule has 0 bridgehead atoms. The summed E-state index contributed by atoms with van der Waals surface area (Å²) in [5.74, 6) is 0.273. The second kappa shape index (κ2) is 5.48. The van der Waals surface area contributed by atoms with Gasteiger partial charge in [-0.15, -0.1) is 0 Å². The third kappa shape index (κ3) is 2.70. The average Bonchev–Trinajstić information content (AvgIpc) is 2.50. The Kier molecular flexibility index (Phi) is 3.52. The highest BCUT2D eigenvalue weighted by atomic mass is 16.5. The van der Waals surface area contributed by atoms with Crippen molar-refractivity contribution in [1.82, 2.24) is 0 Å². The van der Waals surface area contributed by atoms with Crippen LogP contribution in [0.1, 0.15) is 28.9 Å². The van der Waals surface area contributed by atoms with E-state index in [-0.39, 0.29) is 11.6 Å². The number of nitrogens with one attached hydrogen (secondary N) is 1. The smallest absolute Gasteiger partial charge is 0.335 e. The predicted octanol–water partition coefficient (Wildman–Crippen LogP) is 3.57. The van der Waals surface area contributed by atoms with Gasteiger partial charge < -0.3 is 15.2 Å². The van der Waals surface area contributed by atoms with Gasteiger partial charge in [0.1, 0.15) is 5.75 Å². The van der Waals surface area contributed by atoms with Gasteiger partial charge in [-0.1, -0.05) is 31.2 Å². The molecule has 1 aliphatic rings. The van der Waals surface area contributed by atoms with Crippen LogP contribution in [0.2, 0.25) is 0 Å². The van der Waals surface area contributed by atoms with Crippen molar-refractivity contribution in [2.45, 2.75) is 13.0 Å². The third-order valence-corrected chi connectivity index (χ3v) is 3.76. The minimum Gasteiger partial charge on any atom is -0.493 e. The first-order valence-electron chi connectivity index (χ1n) is 6.97. The number of para-hydroxylation sites is 1. The van der Waals surface area contributed by atoms with E-state index in [0.29, 0.717) is 12.5 Å². The van der Waals surface area contributed by atoms with Crippen LogP contribution in [0.3, 0.4) is 0 Å². The lowest BCUT2D eigenvalue weighted by Gasteiger charge is -2.32. The number of ether oxygens (including phenoxy) is 1. The van der Waals surface area contributed by atoms with E-state index in [1.807, 2.05) is 30.3 Å². The third-order valence-electron chi connectivity index (χ3n) is 3.76. The Morgan fingerprint density at radius 1 is 1.24 bits per heavy atom. The van der Waals surface area contributed by atoms with Crippen molar-refractivity contribution in [3.8, 4) is 5.75 Å². The lowest BCUT2D eigenvalue weighted by atomic mass is 9.91. The first-order chi connectivity index (χ1) is 10.1. The SMILES string of the molecule is CC1COc2ccccc2C1Nc1cccc(C(=O)O)c1. The summed E-state index contributed by atoms with van der Waals surface area (Å²) in [6, 6.07) is 15.0. The normalized spacial score (nSPS) is 20.2. The molecule has 0 fully saturated rings. The molecule has 2 atom stereocenters. The summed E-state index contributed by atoms with van der Waals surface area (Å²) in [6.45, 7) is 2.77. The summed E-state index contributed by atoms with van der Waals surface area (Å²) in [5, 5.41) is 12.5. The number of benzene rings is 2. The Hall–Kier alpha value is -2.49. The number of carbonyl (C=O) groups is 1. The zero-order valence-electron chi connectivity index (χ0n) is 11.7. The molecule has 4 nitrogen and oxygen atoms in total. The van der Waals surface area contributed by atoms with Crippen molar-refractivity contribution < 1.29 is 14.6 Å². The maximum atomic E-state index is 11.1. The molecule has 2 aromatic rings. The minimum absolute atomic E-state index is 0.110. The van der Waals surface area contributed by atoms with E-state index in [4.69, 9.17) is 9.84 Å². The van der Waals surface area contributed by atoms with Gasteiger partial charge in [-0.05, 0) is 24.3 Å². The van der Waals surface area contributed by atoms with Crippen LogP contribution in [0, 0.1) is 5.92 Å². The van der Waals surface area contributed by atoms with Crippen molar-refractivity contribution in [3.63, 3.8) is 0 Å². The van der Waals surface area contributed by atoms with Crippen molar-refractivity contribution in [1.29, 1.82) is 0 Å². The monoisotopic (exact) mass is 283 g/mol. The van der Waals surface area contributed by atoms with E-state index in [1.165, 1.54) is 0 Å². The van der Waals surface area contributed by atoms with Crippen LogP contribution in [0.5, 0.6) is 5.75 Å². The maximum Gasteiger partial charge on any atom is 0.335 e. The Bertz CT molecular complexity index is 669. The fourth-order valence-corrected chi connectivity index (χ4v) is 2.63. The summed E-state index contributed by atoms with van der Waals surface area (Å²) in [4.78, 5) is 11.1. The molecule has 1 heterocycles. The highest BCUT2D eigenvalue weighted by Crippen LogP contribution is 2.37. The van der Waals surface area contributed by atoms with Crippen molar-refractivity contribution >= 4 is 11.7 Å². The molecule has 0 spiro atoms. The van der Waals surface area contributed by atoms with E-state index in [9.17, 15) is 4.79 Å². The molecule has 21 heavy (non-hydrogen) atoms. The molecule has 0 aromatic heterocycles. The first-order valence-corrected chi connectivity index (χ1v) is 6.97. The fraction of sp³-hybridized carbons (Fsp3) is 0.235. The molecular formula is C17H17NO3. The van der Waals surface area contributed by atoms with Gasteiger partial charge >= 0.3 is 5.97 Å². The fourth-order valence-electron chi connectivity index (χ4n) is 2.63. The van der Waals surface area contributed by atoms with Crippen molar-refractivity contribution in [2.24, 2.45) is 5.92 Å². The summed E-state index contributed by atoms with van der Waals surface area (Å²) < 4.78 is 5.73. The van der Waals surface area contributed by atoms with Crippen molar-refractivity contribution in [3.05, 3.63) is 59.7 Å². The predicted molar refractivity (Wildman–Crippen MR) is 80.9 cm³/mol. The number of anilines is 1. The zero-order valence-corrected chi connectivity index (χ0v) is 11.7. The first kappa shape index (κ1) is 13.5. The number of fused-ring (bicyclic) bond motifs is 1. The molecule has 3 rings (SSSR count). The van der Waals surface area contributed by atoms with Crippen LogP contribution in [0.4, 0.5) is 5.69 Å². The molecule has 0 saturated heterocycles. The van der Waals surface area contributed by atoms with E-state index >= 15 is 0 Å². The number of rotatable bonds is 3. The largest absolute Gasteiger partial charge is 0.493 e. The highest BCUT2D eigenvalue weighted by Gasteiger charge is 2.27. The van der Waals surface area contributed by atoms with Gasteiger partial charge in [-0.3, -0.25) is 0 Å². The Balaban J connectivity index is 1.90. The summed E-state index contributed by atoms with van der Waals surface area (Å²) in [5.41, 5.74) is 2.20. The second-order valence-corrected chi connectivity index (χ2v) is 5.33. The van der Waals surface area contributed by atoms with E-state index in [2.05, 4.69) is 12.2 Å². The lowest BCUT2D eigenvalue weighted by Crippen LogP contribution is -2.28. The molecule has 0 aliphatic carbocycles. The summed E-state index contributed by atoms with van der Waals surface area (Å²) in [6.07, 6.45) is 0. The van der Waals surface area contributed by atoms with Gasteiger partial charge in [-0.2, -0.15) is 0 Å². The van der Waals surface area contributed by atoms with Crippen LogP contribution in [0.25, 0.3) is 0 Å². The van der Waals surface area contributed by atoms with E-state index < -0.39 is 5.97 Å². The van der Waals surface area contributed by atoms with Gasteiger partial charge in [-0.25, -0.2) is 4.79 Å². The number of carboxylic acids is 1. The number of hydrogen-bond acceptors (Lipinski definition) is 3. The second-order valence-electron chi connectivity index (χ2n) is 5.33. The number of aromatic carboxylic acids is 1. The van der Waals surface area contributed by atoms with Crippen LogP contribution >= 0.6 is 0 Å². The molecule has 2 N–H and O–H groups in total. The minimum atomic E-state index is -0.918. The molecular weight excluding hydrogens is 266 g/mol. The Morgan fingerprint density at radius 3 is 2.86 bits per heavy atom. The summed E-state index contributed by atoms with van der Waals surface area (Å²) in [7, 11) is 0. The summed E-state index contributed by atoms with van der Waals surface area (Å²) >= 11 is 0. The number of carboxylic acid groups (broad SMARTS) is 1. The Morgan fingerprint density at radius 2 is 2.05 bits per heavy atom. The van der Waals surface area contributed by atoms with Crippen LogP contribution in [-0.2, 0) is 0 Å². The standard InChI is InChI=1S/C17H17NO3/c1-11-10-21-15-8-3-2-7-14(15)16(11)18-13-6-4-5-12(9-13)17(19)20/h2-9,11,16,18H,10H2,1H3,(H,19,20). The average molecular weight is 283 g/mol. The van der Waals surface area contributed by atoms with Gasteiger partial charge in [0.25, 0.3) is 0 Å². The van der Waals surface area contributed by atoms with Gasteiger partial charge in [0, 0.05) is 17.2 Å². The molecule has 2 aromatic carbocycles. The van der Waals surface area contributed by atoms with Gasteiger partial charge in [0.15, 0.2) is 0 Å². The van der Waals surface area contributed by atoms with Gasteiger partial charge in [0.05, 0.1) is 18.2 Å². The molecule has 0 amide bonds. The van der Waals surface area contributed by atoms with Gasteiger partial charge in [0.2, 0.25) is 0 Å². The van der Waals surface area contributed by atoms with E-state index in [0.717, 1.165) is 17.0 Å². The van der Waals surface area contributed by atoms with E-state index in [1.54, 1.807) is 18.2 Å². The molecule has 2 unspecified atom stereocenters. The maximum absolute atomic E-state index is 11.1. The van der Waals surface area contributed by atoms with Crippen LogP contribution in [-0.4, -0.2) is 17.7 Å². The molecule has 0 radical (unpaired) electrons. The Labute approximate surface area is 123 Å². The molecule has 108 valence electrons.